The third-order valence-corrected chi connectivity index (χ3v) is 5.16. The van der Waals surface area contributed by atoms with E-state index in [2.05, 4.69) is 15.5 Å². The number of carbonyl (C=O) groups is 2. The summed E-state index contributed by atoms with van der Waals surface area (Å²) in [6, 6.07) is 7.09. The maximum Gasteiger partial charge on any atom is 0.251 e. The van der Waals surface area contributed by atoms with Gasteiger partial charge in [-0.3, -0.25) is 14.5 Å². The smallest absolute Gasteiger partial charge is 0.251 e. The zero-order chi connectivity index (χ0) is 18.4. The fourth-order valence-electron chi connectivity index (χ4n) is 3.49. The van der Waals surface area contributed by atoms with E-state index < -0.39 is 0 Å². The minimum atomic E-state index is -0.0739. The Balaban J connectivity index is 0.00000196. The Morgan fingerprint density at radius 2 is 1.82 bits per heavy atom. The van der Waals surface area contributed by atoms with Gasteiger partial charge in [-0.2, -0.15) is 0 Å². The first kappa shape index (κ1) is 24.5. The Morgan fingerprint density at radius 1 is 1.14 bits per heavy atom. The van der Waals surface area contributed by atoms with E-state index in [-0.39, 0.29) is 36.6 Å². The maximum absolute atomic E-state index is 12.4. The molecule has 9 heteroatoms. The molecule has 7 nitrogen and oxygen atoms in total. The minimum Gasteiger partial charge on any atom is -0.497 e. The van der Waals surface area contributed by atoms with Crippen LogP contribution in [0.4, 0.5) is 0 Å². The topological polar surface area (TPSA) is 73.9 Å². The lowest BCUT2D eigenvalue weighted by Crippen LogP contribution is -2.51. The number of nitrogens with zero attached hydrogens (tertiary/aromatic N) is 2. The number of hydrogen-bond donors (Lipinski definition) is 2. The van der Waals surface area contributed by atoms with Gasteiger partial charge in [0.2, 0.25) is 5.91 Å². The van der Waals surface area contributed by atoms with Gasteiger partial charge < -0.3 is 20.3 Å². The average Bonchev–Trinajstić information content (AvgIpc) is 3.23. The second-order valence-corrected chi connectivity index (χ2v) is 6.84. The summed E-state index contributed by atoms with van der Waals surface area (Å²) in [7, 11) is 1.60. The lowest BCUT2D eigenvalue weighted by Gasteiger charge is -2.35. The van der Waals surface area contributed by atoms with Crippen molar-refractivity contribution in [1.82, 2.24) is 20.4 Å². The number of hydrogen-bond acceptors (Lipinski definition) is 5. The van der Waals surface area contributed by atoms with Crippen LogP contribution in [0.3, 0.4) is 0 Å². The third-order valence-electron chi connectivity index (χ3n) is 5.16. The van der Waals surface area contributed by atoms with Gasteiger partial charge in [0, 0.05) is 51.4 Å². The molecule has 0 bridgehead atoms. The fraction of sp³-hybridized carbons (Fsp3) is 0.579. The van der Waals surface area contributed by atoms with Crippen LogP contribution in [-0.4, -0.2) is 81.1 Å². The van der Waals surface area contributed by atoms with Crippen LogP contribution >= 0.6 is 24.8 Å². The van der Waals surface area contributed by atoms with Crippen molar-refractivity contribution < 1.29 is 14.3 Å². The summed E-state index contributed by atoms with van der Waals surface area (Å²) in [5.74, 6) is 1.12. The van der Waals surface area contributed by atoms with Gasteiger partial charge in [0.25, 0.3) is 5.91 Å². The number of carbonyl (C=O) groups excluding carboxylic acids is 2. The maximum atomic E-state index is 12.4. The number of rotatable bonds is 6. The van der Waals surface area contributed by atoms with Gasteiger partial charge in [0.1, 0.15) is 5.75 Å². The van der Waals surface area contributed by atoms with Crippen molar-refractivity contribution in [3.05, 3.63) is 29.8 Å². The first-order valence-electron chi connectivity index (χ1n) is 9.31. The summed E-state index contributed by atoms with van der Waals surface area (Å²) in [4.78, 5) is 28.8. The van der Waals surface area contributed by atoms with Gasteiger partial charge >= 0.3 is 0 Å². The monoisotopic (exact) mass is 432 g/mol. The van der Waals surface area contributed by atoms with E-state index in [1.165, 1.54) is 0 Å². The van der Waals surface area contributed by atoms with Crippen LogP contribution in [0.5, 0.6) is 5.75 Å². The normalized spacial score (nSPS) is 19.3. The minimum absolute atomic E-state index is 0. The summed E-state index contributed by atoms with van der Waals surface area (Å²) in [6.07, 6.45) is 0.955. The standard InChI is InChI=1S/C19H28N4O3.2ClH/c1-26-17-4-2-15(3-5-17)18(24)21-8-9-22-10-12-23(13-11-22)19(25)16-6-7-20-14-16;;/h2-5,16,20H,6-14H2,1H3,(H,21,24);2*1H. The summed E-state index contributed by atoms with van der Waals surface area (Å²) in [6.45, 7) is 6.46. The molecule has 3 rings (SSSR count). The Hall–Kier alpha value is -1.54. The first-order valence-corrected chi connectivity index (χ1v) is 9.31. The average molecular weight is 433 g/mol. The van der Waals surface area contributed by atoms with Crippen LogP contribution in [0.25, 0.3) is 0 Å². The van der Waals surface area contributed by atoms with Crippen molar-refractivity contribution in [3.8, 4) is 5.75 Å². The number of amides is 2. The highest BCUT2D eigenvalue weighted by atomic mass is 35.5. The Morgan fingerprint density at radius 3 is 2.39 bits per heavy atom. The largest absolute Gasteiger partial charge is 0.497 e. The summed E-state index contributed by atoms with van der Waals surface area (Å²) >= 11 is 0. The highest BCUT2D eigenvalue weighted by Crippen LogP contribution is 2.14. The molecule has 1 unspecified atom stereocenters. The van der Waals surface area contributed by atoms with Gasteiger partial charge in [-0.1, -0.05) is 0 Å². The highest BCUT2D eigenvalue weighted by Gasteiger charge is 2.29. The van der Waals surface area contributed by atoms with Crippen molar-refractivity contribution in [2.45, 2.75) is 6.42 Å². The molecular formula is C19H30Cl2N4O3. The molecule has 0 aromatic heterocycles. The molecule has 0 aliphatic carbocycles. The molecular weight excluding hydrogens is 403 g/mol. The molecule has 0 radical (unpaired) electrons. The van der Waals surface area contributed by atoms with Crippen molar-refractivity contribution in [3.63, 3.8) is 0 Å². The molecule has 0 saturated carbocycles. The van der Waals surface area contributed by atoms with Crippen molar-refractivity contribution in [1.29, 1.82) is 0 Å². The van der Waals surface area contributed by atoms with Crippen LogP contribution in [0.15, 0.2) is 24.3 Å². The number of benzene rings is 1. The molecule has 28 heavy (non-hydrogen) atoms. The Kier molecular flexibility index (Phi) is 10.6. The zero-order valence-corrected chi connectivity index (χ0v) is 17.8. The third kappa shape index (κ3) is 6.51. The van der Waals surface area contributed by atoms with Crippen molar-refractivity contribution in [2.24, 2.45) is 5.92 Å². The van der Waals surface area contributed by atoms with Crippen LogP contribution in [0.2, 0.25) is 0 Å². The molecule has 1 aromatic rings. The molecule has 2 saturated heterocycles. The van der Waals surface area contributed by atoms with E-state index in [0.717, 1.165) is 58.0 Å². The van der Waals surface area contributed by atoms with E-state index in [9.17, 15) is 9.59 Å². The highest BCUT2D eigenvalue weighted by molar-refractivity contribution is 5.94. The summed E-state index contributed by atoms with van der Waals surface area (Å²) in [5.41, 5.74) is 0.631. The molecule has 0 spiro atoms. The van der Waals surface area contributed by atoms with Crippen molar-refractivity contribution >= 4 is 36.6 Å². The Bertz CT molecular complexity index is 616. The van der Waals surface area contributed by atoms with E-state index in [4.69, 9.17) is 4.74 Å². The Labute approximate surface area is 179 Å². The zero-order valence-electron chi connectivity index (χ0n) is 16.2. The van der Waals surface area contributed by atoms with E-state index in [1.807, 2.05) is 4.90 Å². The van der Waals surface area contributed by atoms with Crippen LogP contribution < -0.4 is 15.4 Å². The van der Waals surface area contributed by atoms with Gasteiger partial charge in [-0.05, 0) is 37.2 Å². The molecule has 2 aliphatic rings. The number of piperazine rings is 1. The molecule has 2 aliphatic heterocycles. The van der Waals surface area contributed by atoms with E-state index in [1.54, 1.807) is 31.4 Å². The number of ether oxygens (including phenoxy) is 1. The number of halogens is 2. The van der Waals surface area contributed by atoms with Crippen LogP contribution in [-0.2, 0) is 4.79 Å². The SMILES string of the molecule is COc1ccc(C(=O)NCCN2CCN(C(=O)C3CCNC3)CC2)cc1.Cl.Cl. The second kappa shape index (κ2) is 12.1. The van der Waals surface area contributed by atoms with E-state index >= 15 is 0 Å². The summed E-state index contributed by atoms with van der Waals surface area (Å²) < 4.78 is 5.10. The van der Waals surface area contributed by atoms with Crippen molar-refractivity contribution in [2.75, 3.05) is 59.5 Å². The predicted molar refractivity (Wildman–Crippen MR) is 114 cm³/mol. The van der Waals surface area contributed by atoms with E-state index in [0.29, 0.717) is 18.0 Å². The number of methoxy groups -OCH3 is 1. The molecule has 2 amide bonds. The number of nitrogens with one attached hydrogen (secondary N) is 2. The lowest BCUT2D eigenvalue weighted by molar-refractivity contribution is -0.136. The first-order chi connectivity index (χ1) is 12.7. The van der Waals surface area contributed by atoms with Gasteiger partial charge in [-0.25, -0.2) is 0 Å². The molecule has 1 atom stereocenters. The molecule has 2 heterocycles. The van der Waals surface area contributed by atoms with Crippen LogP contribution in [0, 0.1) is 5.92 Å². The summed E-state index contributed by atoms with van der Waals surface area (Å²) in [5, 5.41) is 6.21. The lowest BCUT2D eigenvalue weighted by atomic mass is 10.1. The fourth-order valence-corrected chi connectivity index (χ4v) is 3.49. The van der Waals surface area contributed by atoms with Crippen LogP contribution in [0.1, 0.15) is 16.8 Å². The van der Waals surface area contributed by atoms with Gasteiger partial charge in [-0.15, -0.1) is 24.8 Å². The van der Waals surface area contributed by atoms with Gasteiger partial charge in [0.05, 0.1) is 13.0 Å². The molecule has 2 fully saturated rings. The molecule has 158 valence electrons. The second-order valence-electron chi connectivity index (χ2n) is 6.84. The molecule has 1 aromatic carbocycles. The quantitative estimate of drug-likeness (QED) is 0.701. The molecule has 2 N–H and O–H groups in total. The van der Waals surface area contributed by atoms with Gasteiger partial charge in [0.15, 0.2) is 0 Å². The predicted octanol–water partition coefficient (Wildman–Crippen LogP) is 1.02.